The molecule has 0 aliphatic carbocycles. The molecule has 2 rings (SSSR count). The zero-order chi connectivity index (χ0) is 13.0. The molecule has 98 valence electrons. The van der Waals surface area contributed by atoms with Crippen molar-refractivity contribution in [3.05, 3.63) is 18.1 Å². The Kier molecular flexibility index (Phi) is 4.12. The number of aromatic nitrogens is 2. The Morgan fingerprint density at radius 3 is 2.94 bits per heavy atom. The van der Waals surface area contributed by atoms with Crippen LogP contribution in [-0.2, 0) is 4.74 Å². The summed E-state index contributed by atoms with van der Waals surface area (Å²) < 4.78 is 4.60. The number of nitrogens with zero attached hydrogens (tertiary/aromatic N) is 3. The first-order valence-electron chi connectivity index (χ1n) is 6.40. The van der Waals surface area contributed by atoms with Crippen LogP contribution in [0.2, 0.25) is 0 Å². The van der Waals surface area contributed by atoms with Gasteiger partial charge in [-0.1, -0.05) is 13.3 Å². The van der Waals surface area contributed by atoms with Gasteiger partial charge in [-0.25, -0.2) is 14.8 Å². The van der Waals surface area contributed by atoms with Crippen LogP contribution in [0.25, 0.3) is 0 Å². The molecule has 0 N–H and O–H groups in total. The summed E-state index contributed by atoms with van der Waals surface area (Å²) in [6.45, 7) is 4.28. The maximum atomic E-state index is 11.2. The third kappa shape index (κ3) is 2.78. The van der Waals surface area contributed by atoms with Crippen LogP contribution in [-0.4, -0.2) is 36.1 Å². The fourth-order valence-corrected chi connectivity index (χ4v) is 2.38. The van der Waals surface area contributed by atoms with E-state index < -0.39 is 5.97 Å². The van der Waals surface area contributed by atoms with E-state index in [1.807, 2.05) is 0 Å². The Balaban J connectivity index is 2.00. The van der Waals surface area contributed by atoms with Gasteiger partial charge in [-0.2, -0.15) is 0 Å². The smallest absolute Gasteiger partial charge is 0.358 e. The molecule has 1 aliphatic rings. The van der Waals surface area contributed by atoms with E-state index in [0.29, 0.717) is 0 Å². The van der Waals surface area contributed by atoms with Gasteiger partial charge in [0, 0.05) is 13.1 Å². The molecule has 0 bridgehead atoms. The number of rotatable bonds is 4. The summed E-state index contributed by atoms with van der Waals surface area (Å²) >= 11 is 0. The Labute approximate surface area is 107 Å². The first-order valence-corrected chi connectivity index (χ1v) is 6.40. The molecule has 1 aromatic rings. The second-order valence-electron chi connectivity index (χ2n) is 4.64. The van der Waals surface area contributed by atoms with E-state index in [4.69, 9.17) is 0 Å². The van der Waals surface area contributed by atoms with Crippen LogP contribution >= 0.6 is 0 Å². The van der Waals surface area contributed by atoms with Crippen molar-refractivity contribution in [3.8, 4) is 0 Å². The van der Waals surface area contributed by atoms with Crippen LogP contribution in [0.1, 0.15) is 36.7 Å². The molecule has 0 spiro atoms. The number of hydrogen-bond donors (Lipinski definition) is 0. The number of ether oxygens (including phenoxy) is 1. The third-order valence-corrected chi connectivity index (χ3v) is 3.34. The van der Waals surface area contributed by atoms with Crippen molar-refractivity contribution in [2.45, 2.75) is 26.2 Å². The molecule has 1 aliphatic heterocycles. The zero-order valence-electron chi connectivity index (χ0n) is 10.9. The lowest BCUT2D eigenvalue weighted by Gasteiger charge is -2.16. The van der Waals surface area contributed by atoms with Crippen molar-refractivity contribution in [1.29, 1.82) is 0 Å². The second kappa shape index (κ2) is 5.80. The SMILES string of the molecule is CCCC1CCN(c2cnc(C(=O)OC)cn2)C1. The lowest BCUT2D eigenvalue weighted by Crippen LogP contribution is -2.21. The van der Waals surface area contributed by atoms with Gasteiger partial charge in [0.15, 0.2) is 5.69 Å². The Morgan fingerprint density at radius 1 is 1.50 bits per heavy atom. The molecule has 1 aromatic heterocycles. The molecular weight excluding hydrogens is 230 g/mol. The summed E-state index contributed by atoms with van der Waals surface area (Å²) in [6, 6.07) is 0. The fraction of sp³-hybridized carbons (Fsp3) is 0.615. The molecule has 1 fully saturated rings. The molecule has 0 radical (unpaired) electrons. The number of methoxy groups -OCH3 is 1. The van der Waals surface area contributed by atoms with E-state index in [1.165, 1.54) is 32.6 Å². The lowest BCUT2D eigenvalue weighted by atomic mass is 10.0. The van der Waals surface area contributed by atoms with Crippen LogP contribution in [0, 0.1) is 5.92 Å². The summed E-state index contributed by atoms with van der Waals surface area (Å²) in [5, 5.41) is 0. The van der Waals surface area contributed by atoms with E-state index >= 15 is 0 Å². The van der Waals surface area contributed by atoms with Crippen LogP contribution in [0.15, 0.2) is 12.4 Å². The highest BCUT2D eigenvalue weighted by Crippen LogP contribution is 2.24. The minimum Gasteiger partial charge on any atom is -0.464 e. The Bertz CT molecular complexity index is 405. The average molecular weight is 249 g/mol. The molecular formula is C13H19N3O2. The monoisotopic (exact) mass is 249 g/mol. The highest BCUT2D eigenvalue weighted by molar-refractivity contribution is 5.86. The standard InChI is InChI=1S/C13H19N3O2/c1-3-4-10-5-6-16(9-10)12-8-14-11(7-15-12)13(17)18-2/h7-8,10H,3-6,9H2,1-2H3. The second-order valence-corrected chi connectivity index (χ2v) is 4.64. The van der Waals surface area contributed by atoms with Gasteiger partial charge >= 0.3 is 5.97 Å². The van der Waals surface area contributed by atoms with Crippen molar-refractivity contribution in [1.82, 2.24) is 9.97 Å². The maximum Gasteiger partial charge on any atom is 0.358 e. The van der Waals surface area contributed by atoms with E-state index in [-0.39, 0.29) is 5.69 Å². The first-order chi connectivity index (χ1) is 8.74. The third-order valence-electron chi connectivity index (χ3n) is 3.34. The fourth-order valence-electron chi connectivity index (χ4n) is 2.38. The molecule has 18 heavy (non-hydrogen) atoms. The molecule has 0 saturated carbocycles. The van der Waals surface area contributed by atoms with E-state index in [1.54, 1.807) is 6.20 Å². The Hall–Kier alpha value is -1.65. The molecule has 1 atom stereocenters. The largest absolute Gasteiger partial charge is 0.464 e. The van der Waals surface area contributed by atoms with Crippen molar-refractivity contribution in [3.63, 3.8) is 0 Å². The summed E-state index contributed by atoms with van der Waals surface area (Å²) in [5.41, 5.74) is 0.255. The van der Waals surface area contributed by atoms with Gasteiger partial charge in [0.2, 0.25) is 0 Å². The van der Waals surface area contributed by atoms with Crippen molar-refractivity contribution in [2.24, 2.45) is 5.92 Å². The van der Waals surface area contributed by atoms with E-state index in [2.05, 4.69) is 26.5 Å². The maximum absolute atomic E-state index is 11.2. The zero-order valence-corrected chi connectivity index (χ0v) is 10.9. The molecule has 5 heteroatoms. The number of esters is 1. The average Bonchev–Trinajstić information content (AvgIpc) is 2.87. The lowest BCUT2D eigenvalue weighted by molar-refractivity contribution is 0.0593. The van der Waals surface area contributed by atoms with Gasteiger partial charge in [-0.3, -0.25) is 0 Å². The Morgan fingerprint density at radius 2 is 2.33 bits per heavy atom. The summed E-state index contributed by atoms with van der Waals surface area (Å²) in [5.74, 6) is 1.16. The minimum absolute atomic E-state index is 0.255. The van der Waals surface area contributed by atoms with Gasteiger partial charge < -0.3 is 9.64 Å². The number of carbonyl (C=O) groups is 1. The number of carbonyl (C=O) groups excluding carboxylic acids is 1. The predicted octanol–water partition coefficient (Wildman–Crippen LogP) is 1.89. The van der Waals surface area contributed by atoms with Gasteiger partial charge in [0.25, 0.3) is 0 Å². The summed E-state index contributed by atoms with van der Waals surface area (Å²) in [7, 11) is 1.34. The highest BCUT2D eigenvalue weighted by atomic mass is 16.5. The molecule has 0 amide bonds. The van der Waals surface area contributed by atoms with Crippen LogP contribution in [0.3, 0.4) is 0 Å². The van der Waals surface area contributed by atoms with Crippen molar-refractivity contribution in [2.75, 3.05) is 25.1 Å². The molecule has 1 saturated heterocycles. The minimum atomic E-state index is -0.445. The van der Waals surface area contributed by atoms with Gasteiger partial charge in [-0.05, 0) is 18.8 Å². The topological polar surface area (TPSA) is 55.3 Å². The van der Waals surface area contributed by atoms with Crippen LogP contribution in [0.5, 0.6) is 0 Å². The van der Waals surface area contributed by atoms with E-state index in [0.717, 1.165) is 24.8 Å². The summed E-state index contributed by atoms with van der Waals surface area (Å²) in [4.78, 5) is 21.8. The number of anilines is 1. The molecule has 5 nitrogen and oxygen atoms in total. The van der Waals surface area contributed by atoms with E-state index in [9.17, 15) is 4.79 Å². The molecule has 2 heterocycles. The quantitative estimate of drug-likeness (QED) is 0.763. The number of hydrogen-bond acceptors (Lipinski definition) is 5. The van der Waals surface area contributed by atoms with Gasteiger partial charge in [0.1, 0.15) is 5.82 Å². The van der Waals surface area contributed by atoms with Crippen LogP contribution < -0.4 is 4.90 Å². The normalized spacial score (nSPS) is 19.0. The van der Waals surface area contributed by atoms with Crippen molar-refractivity contribution >= 4 is 11.8 Å². The highest BCUT2D eigenvalue weighted by Gasteiger charge is 2.23. The molecule has 1 unspecified atom stereocenters. The first kappa shape index (κ1) is 12.8. The predicted molar refractivity (Wildman–Crippen MR) is 68.6 cm³/mol. The summed E-state index contributed by atoms with van der Waals surface area (Å²) in [6.07, 6.45) is 6.85. The molecule has 0 aromatic carbocycles. The van der Waals surface area contributed by atoms with Crippen molar-refractivity contribution < 1.29 is 9.53 Å². The van der Waals surface area contributed by atoms with Gasteiger partial charge in [-0.15, -0.1) is 0 Å². The van der Waals surface area contributed by atoms with Crippen LogP contribution in [0.4, 0.5) is 5.82 Å². The van der Waals surface area contributed by atoms with Gasteiger partial charge in [0.05, 0.1) is 19.5 Å².